The van der Waals surface area contributed by atoms with E-state index in [1.165, 1.54) is 5.57 Å². The molecular formula is C11H13N3O. The monoisotopic (exact) mass is 203 g/mol. The molecule has 0 saturated carbocycles. The molecule has 0 radical (unpaired) electrons. The molecule has 3 rings (SSSR count). The second-order valence-corrected chi connectivity index (χ2v) is 4.20. The molecule has 0 aromatic heterocycles. The zero-order valence-corrected chi connectivity index (χ0v) is 8.58. The van der Waals surface area contributed by atoms with E-state index in [4.69, 9.17) is 5.73 Å². The summed E-state index contributed by atoms with van der Waals surface area (Å²) in [6, 6.07) is -0.234. The normalized spacial score (nSPS) is 28.5. The Kier molecular flexibility index (Phi) is 1.52. The highest BCUT2D eigenvalue weighted by atomic mass is 16.1. The van der Waals surface area contributed by atoms with E-state index in [9.17, 15) is 4.79 Å². The fraction of sp³-hybridized carbons (Fsp3) is 0.364. The van der Waals surface area contributed by atoms with Gasteiger partial charge in [0.1, 0.15) is 6.04 Å². The van der Waals surface area contributed by atoms with Gasteiger partial charge in [0.05, 0.1) is 5.70 Å². The van der Waals surface area contributed by atoms with E-state index in [2.05, 4.69) is 10.2 Å². The number of nitrogens with one attached hydrogen (secondary N) is 1. The van der Waals surface area contributed by atoms with Gasteiger partial charge in [-0.1, -0.05) is 0 Å². The lowest BCUT2D eigenvalue weighted by molar-refractivity contribution is -0.116. The van der Waals surface area contributed by atoms with E-state index in [0.717, 1.165) is 24.2 Å². The second kappa shape index (κ2) is 2.66. The molecule has 1 unspecified atom stereocenters. The third-order valence-corrected chi connectivity index (χ3v) is 3.30. The zero-order valence-electron chi connectivity index (χ0n) is 8.58. The number of likely N-dealkylation sites (N-methyl/N-ethyl adjacent to an activating group) is 1. The fourth-order valence-electron chi connectivity index (χ4n) is 2.44. The summed E-state index contributed by atoms with van der Waals surface area (Å²) in [5.74, 6) is -0.00435. The molecule has 0 aromatic carbocycles. The molecule has 3 aliphatic rings. The van der Waals surface area contributed by atoms with Crippen LogP contribution in [0.5, 0.6) is 0 Å². The van der Waals surface area contributed by atoms with E-state index in [1.807, 2.05) is 13.2 Å². The van der Waals surface area contributed by atoms with Gasteiger partial charge in [0.15, 0.2) is 0 Å². The molecule has 4 heteroatoms. The smallest absolute Gasteiger partial charge is 0.205 e. The number of carbonyl (C=O) groups is 1. The van der Waals surface area contributed by atoms with Gasteiger partial charge < -0.3 is 16.0 Å². The van der Waals surface area contributed by atoms with Crippen molar-refractivity contribution >= 4 is 5.78 Å². The second-order valence-electron chi connectivity index (χ2n) is 4.20. The number of Topliss-reactive ketones (excluding diaryl/α,β-unsaturated/α-hetero) is 1. The average Bonchev–Trinajstić information content (AvgIpc) is 2.64. The number of hydrogen-bond donors (Lipinski definition) is 2. The van der Waals surface area contributed by atoms with Crippen molar-refractivity contribution in [2.75, 3.05) is 13.6 Å². The lowest BCUT2D eigenvalue weighted by Crippen LogP contribution is -2.41. The van der Waals surface area contributed by atoms with Gasteiger partial charge in [0.25, 0.3) is 0 Å². The molecule has 0 amide bonds. The quantitative estimate of drug-likeness (QED) is 0.575. The predicted molar refractivity (Wildman–Crippen MR) is 56.6 cm³/mol. The number of ketones is 1. The number of allylic oxidation sites excluding steroid dienone is 1. The zero-order chi connectivity index (χ0) is 10.6. The molecule has 1 aliphatic carbocycles. The summed E-state index contributed by atoms with van der Waals surface area (Å²) in [5, 5.41) is 3.11. The van der Waals surface area contributed by atoms with E-state index < -0.39 is 0 Å². The van der Waals surface area contributed by atoms with Crippen molar-refractivity contribution in [2.24, 2.45) is 5.73 Å². The Labute approximate surface area is 88.1 Å². The Hall–Kier alpha value is -1.71. The number of carbonyl (C=O) groups excluding carboxylic acids is 1. The summed E-state index contributed by atoms with van der Waals surface area (Å²) >= 11 is 0. The molecule has 15 heavy (non-hydrogen) atoms. The molecular weight excluding hydrogens is 190 g/mol. The van der Waals surface area contributed by atoms with Gasteiger partial charge in [-0.2, -0.15) is 0 Å². The first-order valence-electron chi connectivity index (χ1n) is 5.10. The summed E-state index contributed by atoms with van der Waals surface area (Å²) in [4.78, 5) is 14.0. The van der Waals surface area contributed by atoms with Crippen LogP contribution in [-0.2, 0) is 4.79 Å². The van der Waals surface area contributed by atoms with Crippen LogP contribution in [0, 0.1) is 0 Å². The highest BCUT2D eigenvalue weighted by Crippen LogP contribution is 2.36. The third kappa shape index (κ3) is 0.988. The Bertz CT molecular complexity index is 445. The molecule has 4 nitrogen and oxygen atoms in total. The maximum absolute atomic E-state index is 11.8. The molecule has 0 spiro atoms. The van der Waals surface area contributed by atoms with Crippen LogP contribution in [0.15, 0.2) is 34.8 Å². The fourth-order valence-corrected chi connectivity index (χ4v) is 2.44. The minimum Gasteiger partial charge on any atom is -0.396 e. The molecule has 2 heterocycles. The summed E-state index contributed by atoms with van der Waals surface area (Å²) in [6.07, 6.45) is 4.76. The maximum Gasteiger partial charge on any atom is 0.205 e. The molecule has 0 bridgehead atoms. The Balaban J connectivity index is 2.20. The lowest BCUT2D eigenvalue weighted by Gasteiger charge is -2.33. The standard InChI is InChI=1S/C11H13N3O/c1-14-3-2-6-5-13-10-9(6)8(14)4-7(12)11(10)15/h4-5,10,13H,2-3,12H2,1H3. The summed E-state index contributed by atoms with van der Waals surface area (Å²) in [5.41, 5.74) is 9.56. The number of nitrogens with zero attached hydrogens (tertiary/aromatic N) is 1. The van der Waals surface area contributed by atoms with Gasteiger partial charge in [0.2, 0.25) is 5.78 Å². The van der Waals surface area contributed by atoms with Crippen LogP contribution in [0.25, 0.3) is 0 Å². The van der Waals surface area contributed by atoms with E-state index >= 15 is 0 Å². The first-order valence-corrected chi connectivity index (χ1v) is 5.10. The lowest BCUT2D eigenvalue weighted by atomic mass is 9.87. The molecule has 3 N–H and O–H groups in total. The molecule has 78 valence electrons. The topological polar surface area (TPSA) is 58.4 Å². The first-order chi connectivity index (χ1) is 7.18. The van der Waals surface area contributed by atoms with Gasteiger partial charge in [-0.15, -0.1) is 0 Å². The Morgan fingerprint density at radius 2 is 2.40 bits per heavy atom. The van der Waals surface area contributed by atoms with E-state index in [-0.39, 0.29) is 11.8 Å². The molecule has 0 aromatic rings. The van der Waals surface area contributed by atoms with Crippen LogP contribution in [0.4, 0.5) is 0 Å². The van der Waals surface area contributed by atoms with Gasteiger partial charge in [-0.05, 0) is 18.1 Å². The van der Waals surface area contributed by atoms with Crippen molar-refractivity contribution in [3.63, 3.8) is 0 Å². The van der Waals surface area contributed by atoms with Crippen LogP contribution in [0.3, 0.4) is 0 Å². The van der Waals surface area contributed by atoms with Gasteiger partial charge >= 0.3 is 0 Å². The maximum atomic E-state index is 11.8. The highest BCUT2D eigenvalue weighted by molar-refractivity contribution is 6.04. The predicted octanol–water partition coefficient (Wildman–Crippen LogP) is -0.143. The highest BCUT2D eigenvalue weighted by Gasteiger charge is 2.38. The Morgan fingerprint density at radius 1 is 1.60 bits per heavy atom. The molecule has 2 aliphatic heterocycles. The molecule has 0 fully saturated rings. The van der Waals surface area contributed by atoms with Crippen LogP contribution in [0.1, 0.15) is 6.42 Å². The van der Waals surface area contributed by atoms with E-state index in [1.54, 1.807) is 6.08 Å². The largest absolute Gasteiger partial charge is 0.396 e. The number of rotatable bonds is 0. The first kappa shape index (κ1) is 8.59. The Morgan fingerprint density at radius 3 is 3.20 bits per heavy atom. The SMILES string of the molecule is CN1CCC2=CNC3C(=O)C(N)=CC1=C23. The van der Waals surface area contributed by atoms with Crippen molar-refractivity contribution in [3.05, 3.63) is 34.8 Å². The van der Waals surface area contributed by atoms with Crippen molar-refractivity contribution < 1.29 is 4.79 Å². The molecule has 0 saturated heterocycles. The van der Waals surface area contributed by atoms with Crippen LogP contribution in [0.2, 0.25) is 0 Å². The van der Waals surface area contributed by atoms with Crippen molar-refractivity contribution in [3.8, 4) is 0 Å². The third-order valence-electron chi connectivity index (χ3n) is 3.30. The summed E-state index contributed by atoms with van der Waals surface area (Å²) in [6.45, 7) is 0.983. The van der Waals surface area contributed by atoms with Crippen molar-refractivity contribution in [1.29, 1.82) is 0 Å². The van der Waals surface area contributed by atoms with Gasteiger partial charge in [-0.3, -0.25) is 4.79 Å². The summed E-state index contributed by atoms with van der Waals surface area (Å²) in [7, 11) is 2.04. The van der Waals surface area contributed by atoms with Crippen molar-refractivity contribution in [1.82, 2.24) is 10.2 Å². The number of hydrogen-bond acceptors (Lipinski definition) is 4. The van der Waals surface area contributed by atoms with E-state index in [0.29, 0.717) is 5.70 Å². The minimum atomic E-state index is -0.234. The number of nitrogens with two attached hydrogens (primary N) is 1. The minimum absolute atomic E-state index is 0.00435. The van der Waals surface area contributed by atoms with Crippen LogP contribution in [-0.4, -0.2) is 30.3 Å². The van der Waals surface area contributed by atoms with Crippen LogP contribution < -0.4 is 11.1 Å². The van der Waals surface area contributed by atoms with Gasteiger partial charge in [0, 0.05) is 31.1 Å². The average molecular weight is 203 g/mol. The summed E-state index contributed by atoms with van der Waals surface area (Å²) < 4.78 is 0. The van der Waals surface area contributed by atoms with Gasteiger partial charge in [-0.25, -0.2) is 0 Å². The molecule has 1 atom stereocenters. The van der Waals surface area contributed by atoms with Crippen LogP contribution >= 0.6 is 0 Å². The van der Waals surface area contributed by atoms with Crippen molar-refractivity contribution in [2.45, 2.75) is 12.5 Å².